The van der Waals surface area contributed by atoms with Crippen LogP contribution in [0, 0.1) is 6.92 Å². The largest absolute Gasteiger partial charge is 0.457 e. The van der Waals surface area contributed by atoms with Gasteiger partial charge in [0.1, 0.15) is 11.5 Å². The first-order valence-corrected chi connectivity index (χ1v) is 10.2. The fourth-order valence-corrected chi connectivity index (χ4v) is 3.23. The molecule has 0 atom stereocenters. The number of furan rings is 1. The fourth-order valence-electron chi connectivity index (χ4n) is 2.67. The number of anilines is 1. The maximum Gasteiger partial charge on any atom is 0.418 e. The number of nitrogens with one attached hydrogen (secondary N) is 2. The number of carbonyl (C=O) groups excluding carboxylic acids is 1. The molecule has 10 heteroatoms. The summed E-state index contributed by atoms with van der Waals surface area (Å²) in [5, 5.41) is 4.86. The second kappa shape index (κ2) is 9.77. The summed E-state index contributed by atoms with van der Waals surface area (Å²) >= 11 is 16.7. The van der Waals surface area contributed by atoms with Gasteiger partial charge in [-0.15, -0.1) is 0 Å². The minimum absolute atomic E-state index is 0.0773. The summed E-state index contributed by atoms with van der Waals surface area (Å²) in [5.41, 5.74) is 0.378. The highest BCUT2D eigenvalue weighted by atomic mass is 35.5. The molecule has 0 spiro atoms. The van der Waals surface area contributed by atoms with Crippen LogP contribution in [-0.4, -0.2) is 11.0 Å². The van der Waals surface area contributed by atoms with Gasteiger partial charge in [0.2, 0.25) is 5.91 Å². The fraction of sp³-hybridized carbons (Fsp3) is 0.0909. The zero-order chi connectivity index (χ0) is 23.5. The van der Waals surface area contributed by atoms with Crippen molar-refractivity contribution in [3.8, 4) is 11.3 Å². The Kier molecular flexibility index (Phi) is 7.28. The molecule has 0 radical (unpaired) electrons. The van der Waals surface area contributed by atoms with Crippen LogP contribution in [-0.2, 0) is 11.0 Å². The Morgan fingerprint density at radius 3 is 2.53 bits per heavy atom. The number of rotatable bonds is 4. The molecule has 0 saturated heterocycles. The quantitative estimate of drug-likeness (QED) is 0.297. The summed E-state index contributed by atoms with van der Waals surface area (Å²) in [6.45, 7) is 1.89. The highest BCUT2D eigenvalue weighted by molar-refractivity contribution is 7.80. The molecule has 166 valence electrons. The first kappa shape index (κ1) is 23.8. The number of thiocarbonyl (C=S) groups is 1. The Balaban J connectivity index is 1.63. The standard InChI is InChI=1S/C22H15Cl2F3N2O2S/c1-12-2-3-13(10-17(12)24)19-8-5-15(31-19)6-9-20(30)29-21(32)28-18-7-4-14(23)11-16(18)22(25,26)27/h2-11H,1H3,(H2,28,29,30,32)/b9-6+. The van der Waals surface area contributed by atoms with E-state index in [0.29, 0.717) is 16.5 Å². The molecule has 1 aromatic heterocycles. The van der Waals surface area contributed by atoms with Crippen LogP contribution < -0.4 is 10.6 Å². The number of halogens is 5. The number of amides is 1. The van der Waals surface area contributed by atoms with E-state index in [2.05, 4.69) is 10.6 Å². The number of alkyl halides is 3. The first-order chi connectivity index (χ1) is 15.0. The lowest BCUT2D eigenvalue weighted by Gasteiger charge is -2.15. The second-order valence-corrected chi connectivity index (χ2v) is 7.88. The SMILES string of the molecule is Cc1ccc(-c2ccc(/C=C/C(=O)NC(=S)Nc3ccc(Cl)cc3C(F)(F)F)o2)cc1Cl. The van der Waals surface area contributed by atoms with E-state index >= 15 is 0 Å². The molecule has 1 amide bonds. The molecule has 0 fully saturated rings. The molecule has 2 N–H and O–H groups in total. The Morgan fingerprint density at radius 2 is 1.84 bits per heavy atom. The second-order valence-electron chi connectivity index (χ2n) is 6.63. The van der Waals surface area contributed by atoms with Crippen LogP contribution in [0.3, 0.4) is 0 Å². The third-order valence-corrected chi connectivity index (χ3v) is 5.10. The van der Waals surface area contributed by atoms with Crippen molar-refractivity contribution in [1.29, 1.82) is 0 Å². The topological polar surface area (TPSA) is 54.3 Å². The molecule has 4 nitrogen and oxygen atoms in total. The van der Waals surface area contributed by atoms with Crippen molar-refractivity contribution < 1.29 is 22.4 Å². The van der Waals surface area contributed by atoms with Crippen LogP contribution >= 0.6 is 35.4 Å². The van der Waals surface area contributed by atoms with E-state index in [4.69, 9.17) is 39.8 Å². The van der Waals surface area contributed by atoms with Crippen molar-refractivity contribution >= 4 is 58.2 Å². The van der Waals surface area contributed by atoms with Crippen LogP contribution in [0.15, 0.2) is 59.0 Å². The predicted molar refractivity (Wildman–Crippen MR) is 124 cm³/mol. The summed E-state index contributed by atoms with van der Waals surface area (Å²) in [6.07, 6.45) is -2.10. The Morgan fingerprint density at radius 1 is 1.09 bits per heavy atom. The van der Waals surface area contributed by atoms with Gasteiger partial charge in [-0.25, -0.2) is 0 Å². The molecule has 0 aliphatic carbocycles. The molecule has 0 saturated carbocycles. The minimum atomic E-state index is -4.65. The lowest BCUT2D eigenvalue weighted by molar-refractivity contribution is -0.136. The van der Waals surface area contributed by atoms with Crippen LogP contribution in [0.25, 0.3) is 17.4 Å². The summed E-state index contributed by atoms with van der Waals surface area (Å²) in [7, 11) is 0. The van der Waals surface area contributed by atoms with E-state index in [1.54, 1.807) is 18.2 Å². The van der Waals surface area contributed by atoms with Crippen molar-refractivity contribution in [1.82, 2.24) is 5.32 Å². The highest BCUT2D eigenvalue weighted by Crippen LogP contribution is 2.36. The molecule has 0 aliphatic heterocycles. The molecule has 3 aromatic rings. The third-order valence-electron chi connectivity index (χ3n) is 4.25. The molecular formula is C22H15Cl2F3N2O2S. The van der Waals surface area contributed by atoms with Crippen molar-refractivity contribution in [2.24, 2.45) is 0 Å². The van der Waals surface area contributed by atoms with E-state index in [-0.39, 0.29) is 15.8 Å². The number of aryl methyl sites for hydroxylation is 1. The van der Waals surface area contributed by atoms with Gasteiger partial charge >= 0.3 is 6.18 Å². The van der Waals surface area contributed by atoms with Crippen LogP contribution in [0.2, 0.25) is 10.0 Å². The molecule has 0 bridgehead atoms. The normalized spacial score (nSPS) is 11.6. The van der Waals surface area contributed by atoms with Crippen LogP contribution in [0.4, 0.5) is 18.9 Å². The highest BCUT2D eigenvalue weighted by Gasteiger charge is 2.34. The summed E-state index contributed by atoms with van der Waals surface area (Å²) in [6, 6.07) is 12.0. The minimum Gasteiger partial charge on any atom is -0.457 e. The van der Waals surface area contributed by atoms with Gasteiger partial charge in [0, 0.05) is 21.7 Å². The molecule has 3 rings (SSSR count). The van der Waals surface area contributed by atoms with Gasteiger partial charge in [0.25, 0.3) is 0 Å². The number of hydrogen-bond acceptors (Lipinski definition) is 3. The zero-order valence-electron chi connectivity index (χ0n) is 16.4. The van der Waals surface area contributed by atoms with Crippen molar-refractivity contribution in [3.63, 3.8) is 0 Å². The van der Waals surface area contributed by atoms with Crippen LogP contribution in [0.5, 0.6) is 0 Å². The van der Waals surface area contributed by atoms with Gasteiger partial charge in [0.15, 0.2) is 5.11 Å². The van der Waals surface area contributed by atoms with Crippen molar-refractivity contribution in [2.45, 2.75) is 13.1 Å². The lowest BCUT2D eigenvalue weighted by Crippen LogP contribution is -2.33. The average molecular weight is 499 g/mol. The van der Waals surface area contributed by atoms with Gasteiger partial charge in [-0.3, -0.25) is 10.1 Å². The zero-order valence-corrected chi connectivity index (χ0v) is 18.7. The van der Waals surface area contributed by atoms with E-state index in [9.17, 15) is 18.0 Å². The molecular weight excluding hydrogens is 484 g/mol. The third kappa shape index (κ3) is 6.12. The number of hydrogen-bond donors (Lipinski definition) is 2. The number of carbonyl (C=O) groups is 1. The smallest absolute Gasteiger partial charge is 0.418 e. The van der Waals surface area contributed by atoms with Gasteiger partial charge in [-0.2, -0.15) is 13.2 Å². The summed E-state index contributed by atoms with van der Waals surface area (Å²) < 4.78 is 45.1. The van der Waals surface area contributed by atoms with E-state index in [0.717, 1.165) is 29.3 Å². The Labute approximate surface area is 197 Å². The average Bonchev–Trinajstić information content (AvgIpc) is 3.18. The molecule has 2 aromatic carbocycles. The lowest BCUT2D eigenvalue weighted by atomic mass is 10.1. The van der Waals surface area contributed by atoms with Crippen LogP contribution in [0.1, 0.15) is 16.9 Å². The van der Waals surface area contributed by atoms with E-state index in [1.165, 1.54) is 12.1 Å². The van der Waals surface area contributed by atoms with Gasteiger partial charge in [-0.1, -0.05) is 35.3 Å². The molecule has 0 unspecified atom stereocenters. The molecule has 0 aliphatic rings. The van der Waals surface area contributed by atoms with Crippen molar-refractivity contribution in [2.75, 3.05) is 5.32 Å². The van der Waals surface area contributed by atoms with E-state index < -0.39 is 17.6 Å². The Bertz CT molecular complexity index is 1210. The monoisotopic (exact) mass is 498 g/mol. The van der Waals surface area contributed by atoms with Gasteiger partial charge < -0.3 is 9.73 Å². The summed E-state index contributed by atoms with van der Waals surface area (Å²) in [5.74, 6) is 0.302. The summed E-state index contributed by atoms with van der Waals surface area (Å²) in [4.78, 5) is 12.1. The molecule has 1 heterocycles. The van der Waals surface area contributed by atoms with Gasteiger partial charge in [-0.05, 0) is 67.2 Å². The Hall–Kier alpha value is -2.81. The molecule has 32 heavy (non-hydrogen) atoms. The first-order valence-electron chi connectivity index (χ1n) is 9.06. The number of benzene rings is 2. The predicted octanol–water partition coefficient (Wildman–Crippen LogP) is 7.11. The van der Waals surface area contributed by atoms with Gasteiger partial charge in [0.05, 0.1) is 11.3 Å². The maximum atomic E-state index is 13.2. The van der Waals surface area contributed by atoms with Crippen molar-refractivity contribution in [3.05, 3.63) is 81.5 Å². The van der Waals surface area contributed by atoms with E-state index in [1.807, 2.05) is 19.1 Å². The maximum absolute atomic E-state index is 13.2.